The van der Waals surface area contributed by atoms with Crippen LogP contribution in [0.2, 0.25) is 0 Å². The maximum atomic E-state index is 13.2. The first kappa shape index (κ1) is 17.9. The third kappa shape index (κ3) is 3.52. The molecule has 134 valence electrons. The van der Waals surface area contributed by atoms with Crippen molar-refractivity contribution in [2.24, 2.45) is 0 Å². The van der Waals surface area contributed by atoms with Crippen molar-refractivity contribution >= 4 is 23.6 Å². The van der Waals surface area contributed by atoms with Crippen LogP contribution in [0.5, 0.6) is 0 Å². The summed E-state index contributed by atoms with van der Waals surface area (Å²) >= 11 is 0. The van der Waals surface area contributed by atoms with Crippen molar-refractivity contribution in [1.29, 1.82) is 0 Å². The lowest BCUT2D eigenvalue weighted by atomic mass is 9.93. The molecule has 0 bridgehead atoms. The van der Waals surface area contributed by atoms with Crippen molar-refractivity contribution in [1.82, 2.24) is 4.90 Å². The normalized spacial score (nSPS) is 15.5. The van der Waals surface area contributed by atoms with Crippen molar-refractivity contribution in [3.63, 3.8) is 0 Å². The lowest BCUT2D eigenvalue weighted by Crippen LogP contribution is -2.37. The van der Waals surface area contributed by atoms with Crippen LogP contribution in [-0.2, 0) is 9.59 Å². The van der Waals surface area contributed by atoms with Crippen LogP contribution in [0.15, 0.2) is 54.7 Å². The zero-order valence-corrected chi connectivity index (χ0v) is 14.9. The number of anilines is 1. The van der Waals surface area contributed by atoms with Crippen LogP contribution in [-0.4, -0.2) is 23.3 Å². The summed E-state index contributed by atoms with van der Waals surface area (Å²) < 4.78 is 13.2. The molecular weight excluding hydrogens is 331 g/mol. The second-order valence-corrected chi connectivity index (χ2v) is 6.21. The Morgan fingerprint density at radius 3 is 2.46 bits per heavy atom. The van der Waals surface area contributed by atoms with Crippen LogP contribution in [0.4, 0.5) is 10.1 Å². The van der Waals surface area contributed by atoms with Crippen LogP contribution in [0, 0.1) is 5.82 Å². The number of rotatable bonds is 4. The van der Waals surface area contributed by atoms with Gasteiger partial charge in [0.25, 0.3) is 0 Å². The standard InChI is InChI=1S/C21H21FN2O2/c1-3-23(18-10-8-17(22)9-11-18)21(26)14-20-19-7-5-4-6-16(19)12-13-24(20)15(2)25/h4-13,20H,3,14H2,1-2H3. The van der Waals surface area contributed by atoms with Gasteiger partial charge in [-0.15, -0.1) is 0 Å². The Bertz CT molecular complexity index is 845. The van der Waals surface area contributed by atoms with Crippen LogP contribution in [0.25, 0.3) is 6.08 Å². The Morgan fingerprint density at radius 1 is 1.12 bits per heavy atom. The Balaban J connectivity index is 1.89. The first-order valence-electron chi connectivity index (χ1n) is 8.63. The minimum absolute atomic E-state index is 0.111. The maximum Gasteiger partial charge on any atom is 0.229 e. The molecule has 0 fully saturated rings. The van der Waals surface area contributed by atoms with Crippen molar-refractivity contribution in [3.8, 4) is 0 Å². The van der Waals surface area contributed by atoms with Crippen LogP contribution < -0.4 is 4.90 Å². The molecule has 2 aromatic rings. The first-order chi connectivity index (χ1) is 12.5. The molecule has 0 saturated carbocycles. The SMILES string of the molecule is CCN(C(=O)CC1c2ccccc2C=CN1C(C)=O)c1ccc(F)cc1. The molecule has 5 heteroatoms. The smallest absolute Gasteiger partial charge is 0.229 e. The zero-order valence-electron chi connectivity index (χ0n) is 14.9. The Morgan fingerprint density at radius 2 is 1.81 bits per heavy atom. The van der Waals surface area contributed by atoms with E-state index in [1.807, 2.05) is 37.3 Å². The number of amides is 2. The summed E-state index contributed by atoms with van der Waals surface area (Å²) in [6.07, 6.45) is 3.78. The molecule has 0 aromatic heterocycles. The molecule has 1 heterocycles. The molecule has 0 N–H and O–H groups in total. The summed E-state index contributed by atoms with van der Waals surface area (Å²) in [5.74, 6) is -0.565. The monoisotopic (exact) mass is 352 g/mol. The fraction of sp³-hybridized carbons (Fsp3) is 0.238. The number of halogens is 1. The molecule has 3 rings (SSSR count). The average molecular weight is 352 g/mol. The van der Waals surface area contributed by atoms with Gasteiger partial charge in [-0.2, -0.15) is 0 Å². The highest BCUT2D eigenvalue weighted by Gasteiger charge is 2.29. The minimum atomic E-state index is -0.351. The second-order valence-electron chi connectivity index (χ2n) is 6.21. The Labute approximate surface area is 152 Å². The third-order valence-electron chi connectivity index (χ3n) is 4.59. The molecule has 1 unspecified atom stereocenters. The van der Waals surface area contributed by atoms with E-state index in [2.05, 4.69) is 0 Å². The van der Waals surface area contributed by atoms with Gasteiger partial charge in [0.2, 0.25) is 11.8 Å². The molecule has 4 nitrogen and oxygen atoms in total. The molecule has 2 amide bonds. The summed E-state index contributed by atoms with van der Waals surface area (Å²) in [5.41, 5.74) is 2.61. The van der Waals surface area contributed by atoms with E-state index in [-0.39, 0.29) is 30.1 Å². The van der Waals surface area contributed by atoms with Crippen LogP contribution in [0.3, 0.4) is 0 Å². The van der Waals surface area contributed by atoms with Gasteiger partial charge in [-0.05, 0) is 48.4 Å². The van der Waals surface area contributed by atoms with Gasteiger partial charge in [-0.25, -0.2) is 4.39 Å². The van der Waals surface area contributed by atoms with Gasteiger partial charge >= 0.3 is 0 Å². The number of hydrogen-bond acceptors (Lipinski definition) is 2. The Hall–Kier alpha value is -2.95. The fourth-order valence-corrected chi connectivity index (χ4v) is 3.31. The largest absolute Gasteiger partial charge is 0.313 e. The topological polar surface area (TPSA) is 40.6 Å². The van der Waals surface area contributed by atoms with E-state index in [0.29, 0.717) is 12.2 Å². The fourth-order valence-electron chi connectivity index (χ4n) is 3.31. The number of carbonyl (C=O) groups excluding carboxylic acids is 2. The number of nitrogens with zero attached hydrogens (tertiary/aromatic N) is 2. The lowest BCUT2D eigenvalue weighted by Gasteiger charge is -2.33. The summed E-state index contributed by atoms with van der Waals surface area (Å²) in [6, 6.07) is 13.3. The molecule has 0 saturated heterocycles. The summed E-state index contributed by atoms with van der Waals surface area (Å²) in [7, 11) is 0. The van der Waals surface area contributed by atoms with Crippen LogP contribution >= 0.6 is 0 Å². The summed E-state index contributed by atoms with van der Waals surface area (Å²) in [5, 5.41) is 0. The molecule has 0 spiro atoms. The zero-order chi connectivity index (χ0) is 18.7. The van der Waals surface area contributed by atoms with Crippen molar-refractivity contribution < 1.29 is 14.0 Å². The highest BCUT2D eigenvalue weighted by molar-refractivity contribution is 5.94. The first-order valence-corrected chi connectivity index (χ1v) is 8.63. The van der Waals surface area contributed by atoms with Crippen LogP contribution in [0.1, 0.15) is 37.4 Å². The number of fused-ring (bicyclic) bond motifs is 1. The molecule has 1 aliphatic heterocycles. The van der Waals surface area contributed by atoms with E-state index in [0.717, 1.165) is 11.1 Å². The second kappa shape index (κ2) is 7.52. The van der Waals surface area contributed by atoms with Gasteiger partial charge in [-0.1, -0.05) is 24.3 Å². The van der Waals surface area contributed by atoms with Crippen molar-refractivity contribution in [2.75, 3.05) is 11.4 Å². The predicted molar refractivity (Wildman–Crippen MR) is 99.8 cm³/mol. The van der Waals surface area contributed by atoms with Gasteiger partial charge in [0.15, 0.2) is 0 Å². The summed E-state index contributed by atoms with van der Waals surface area (Å²) in [4.78, 5) is 28.2. The van der Waals surface area contributed by atoms with Gasteiger partial charge < -0.3 is 9.80 Å². The predicted octanol–water partition coefficient (Wildman–Crippen LogP) is 4.14. The number of carbonyl (C=O) groups is 2. The van der Waals surface area contributed by atoms with E-state index >= 15 is 0 Å². The highest BCUT2D eigenvalue weighted by Crippen LogP contribution is 2.33. The van der Waals surface area contributed by atoms with Crippen molar-refractivity contribution in [2.45, 2.75) is 26.3 Å². The highest BCUT2D eigenvalue weighted by atomic mass is 19.1. The molecule has 1 atom stereocenters. The molecule has 26 heavy (non-hydrogen) atoms. The molecule has 1 aliphatic rings. The number of benzene rings is 2. The van der Waals surface area contributed by atoms with E-state index in [4.69, 9.17) is 0 Å². The molecule has 0 aliphatic carbocycles. The van der Waals surface area contributed by atoms with Crippen molar-refractivity contribution in [3.05, 3.63) is 71.7 Å². The van der Waals surface area contributed by atoms with E-state index in [9.17, 15) is 14.0 Å². The quantitative estimate of drug-likeness (QED) is 0.830. The van der Waals surface area contributed by atoms with Gasteiger partial charge in [-0.3, -0.25) is 9.59 Å². The van der Waals surface area contributed by atoms with E-state index in [1.165, 1.54) is 19.1 Å². The van der Waals surface area contributed by atoms with E-state index in [1.54, 1.807) is 28.1 Å². The number of hydrogen-bond donors (Lipinski definition) is 0. The molecular formula is C21H21FN2O2. The third-order valence-corrected chi connectivity index (χ3v) is 4.59. The lowest BCUT2D eigenvalue weighted by molar-refractivity contribution is -0.129. The molecule has 2 aromatic carbocycles. The van der Waals surface area contributed by atoms with Gasteiger partial charge in [0, 0.05) is 25.4 Å². The van der Waals surface area contributed by atoms with Gasteiger partial charge in [0.1, 0.15) is 5.82 Å². The van der Waals surface area contributed by atoms with Gasteiger partial charge in [0.05, 0.1) is 12.5 Å². The maximum absolute atomic E-state index is 13.2. The summed E-state index contributed by atoms with van der Waals surface area (Å²) in [6.45, 7) is 3.83. The molecule has 0 radical (unpaired) electrons. The van der Waals surface area contributed by atoms with E-state index < -0.39 is 0 Å². The minimum Gasteiger partial charge on any atom is -0.313 e. The average Bonchev–Trinajstić information content (AvgIpc) is 2.64. The Kier molecular flexibility index (Phi) is 5.16.